The van der Waals surface area contributed by atoms with Crippen LogP contribution in [0.3, 0.4) is 0 Å². The Morgan fingerprint density at radius 1 is 1.41 bits per heavy atom. The van der Waals surface area contributed by atoms with Crippen LogP contribution < -0.4 is 4.74 Å². The molecule has 0 amide bonds. The summed E-state index contributed by atoms with van der Waals surface area (Å²) in [6.07, 6.45) is 4.65. The Bertz CT molecular complexity index is 505. The summed E-state index contributed by atoms with van der Waals surface area (Å²) in [6, 6.07) is 5.10. The van der Waals surface area contributed by atoms with Crippen molar-refractivity contribution in [1.29, 1.82) is 0 Å². The van der Waals surface area contributed by atoms with Crippen LogP contribution in [0.25, 0.3) is 0 Å². The zero-order chi connectivity index (χ0) is 15.9. The van der Waals surface area contributed by atoms with E-state index in [9.17, 15) is 10.1 Å². The van der Waals surface area contributed by atoms with Crippen LogP contribution in [0.4, 0.5) is 5.69 Å². The number of piperidine rings is 1. The van der Waals surface area contributed by atoms with Crippen molar-refractivity contribution in [2.45, 2.75) is 39.5 Å². The van der Waals surface area contributed by atoms with Crippen LogP contribution in [0.5, 0.6) is 5.75 Å². The van der Waals surface area contributed by atoms with E-state index in [-0.39, 0.29) is 10.6 Å². The van der Waals surface area contributed by atoms with E-state index in [4.69, 9.17) is 4.74 Å². The molecule has 0 aliphatic carbocycles. The van der Waals surface area contributed by atoms with Gasteiger partial charge in [-0.15, -0.1) is 0 Å². The van der Waals surface area contributed by atoms with E-state index in [0.717, 1.165) is 30.9 Å². The highest BCUT2D eigenvalue weighted by atomic mass is 16.6. The minimum atomic E-state index is -0.378. The van der Waals surface area contributed by atoms with Gasteiger partial charge in [0, 0.05) is 12.6 Å². The van der Waals surface area contributed by atoms with Gasteiger partial charge in [0.05, 0.1) is 11.5 Å². The SMILES string of the molecule is Cc1ccc(OCCCCN2CCC[C@H](C)C2)c([N+](=O)[O-])c1. The number of rotatable bonds is 7. The van der Waals surface area contributed by atoms with Gasteiger partial charge >= 0.3 is 5.69 Å². The van der Waals surface area contributed by atoms with Gasteiger partial charge in [-0.1, -0.05) is 13.0 Å². The molecule has 5 nitrogen and oxygen atoms in total. The summed E-state index contributed by atoms with van der Waals surface area (Å²) in [5.41, 5.74) is 0.933. The minimum Gasteiger partial charge on any atom is -0.487 e. The fourth-order valence-electron chi connectivity index (χ4n) is 3.00. The number of nitro benzene ring substituents is 1. The Kier molecular flexibility index (Phi) is 6.19. The molecule has 2 rings (SSSR count). The van der Waals surface area contributed by atoms with Crippen molar-refractivity contribution in [1.82, 2.24) is 4.90 Å². The molecule has 1 fully saturated rings. The Morgan fingerprint density at radius 3 is 2.95 bits per heavy atom. The Hall–Kier alpha value is -1.62. The van der Waals surface area contributed by atoms with Gasteiger partial charge in [-0.05, 0) is 63.2 Å². The largest absolute Gasteiger partial charge is 0.487 e. The van der Waals surface area contributed by atoms with Crippen molar-refractivity contribution in [3.05, 3.63) is 33.9 Å². The molecule has 1 aromatic rings. The lowest BCUT2D eigenvalue weighted by molar-refractivity contribution is -0.385. The summed E-state index contributed by atoms with van der Waals surface area (Å²) >= 11 is 0. The number of benzene rings is 1. The minimum absolute atomic E-state index is 0.0601. The van der Waals surface area contributed by atoms with E-state index in [0.29, 0.717) is 12.4 Å². The molecule has 122 valence electrons. The smallest absolute Gasteiger partial charge is 0.311 e. The zero-order valence-corrected chi connectivity index (χ0v) is 13.6. The Morgan fingerprint density at radius 2 is 2.23 bits per heavy atom. The second-order valence-corrected chi connectivity index (χ2v) is 6.33. The van der Waals surface area contributed by atoms with Crippen molar-refractivity contribution in [2.24, 2.45) is 5.92 Å². The van der Waals surface area contributed by atoms with E-state index < -0.39 is 0 Å². The fraction of sp³-hybridized carbons (Fsp3) is 0.647. The van der Waals surface area contributed by atoms with E-state index in [1.54, 1.807) is 12.1 Å². The molecule has 1 heterocycles. The zero-order valence-electron chi connectivity index (χ0n) is 13.6. The highest BCUT2D eigenvalue weighted by Gasteiger charge is 2.16. The van der Waals surface area contributed by atoms with Crippen LogP contribution in [0.2, 0.25) is 0 Å². The van der Waals surface area contributed by atoms with Crippen LogP contribution >= 0.6 is 0 Å². The molecule has 0 radical (unpaired) electrons. The molecular formula is C17H26N2O3. The molecule has 0 saturated carbocycles. The predicted octanol–water partition coefficient (Wildman–Crippen LogP) is 3.79. The van der Waals surface area contributed by atoms with Gasteiger partial charge in [0.25, 0.3) is 0 Å². The predicted molar refractivity (Wildman–Crippen MR) is 87.4 cm³/mol. The van der Waals surface area contributed by atoms with Gasteiger partial charge in [0.1, 0.15) is 0 Å². The summed E-state index contributed by atoms with van der Waals surface area (Å²) in [5, 5.41) is 11.0. The maximum absolute atomic E-state index is 11.0. The number of nitro groups is 1. The summed E-state index contributed by atoms with van der Waals surface area (Å²) < 4.78 is 5.60. The standard InChI is InChI=1S/C17H26N2O3/c1-14-7-8-17(16(12-14)19(20)21)22-11-4-3-9-18-10-5-6-15(2)13-18/h7-8,12,15H,3-6,9-11,13H2,1-2H3/t15-/m0/s1. The van der Waals surface area contributed by atoms with Crippen LogP contribution in [0.15, 0.2) is 18.2 Å². The molecule has 0 unspecified atom stereocenters. The first-order valence-corrected chi connectivity index (χ1v) is 8.16. The van der Waals surface area contributed by atoms with Crippen LogP contribution in [-0.2, 0) is 0 Å². The van der Waals surface area contributed by atoms with Crippen molar-refractivity contribution in [3.8, 4) is 5.75 Å². The monoisotopic (exact) mass is 306 g/mol. The first-order valence-electron chi connectivity index (χ1n) is 8.16. The third-order valence-corrected chi connectivity index (χ3v) is 4.18. The summed E-state index contributed by atoms with van der Waals surface area (Å²) in [5.74, 6) is 1.18. The molecule has 1 aliphatic rings. The number of hydrogen-bond donors (Lipinski definition) is 0. The molecule has 1 aliphatic heterocycles. The van der Waals surface area contributed by atoms with E-state index in [1.807, 2.05) is 13.0 Å². The number of likely N-dealkylation sites (tertiary alicyclic amines) is 1. The normalized spacial score (nSPS) is 19.1. The molecule has 1 atom stereocenters. The summed E-state index contributed by atoms with van der Waals surface area (Å²) in [7, 11) is 0. The maximum atomic E-state index is 11.0. The molecule has 1 aromatic carbocycles. The fourth-order valence-corrected chi connectivity index (χ4v) is 3.00. The molecule has 0 aromatic heterocycles. The van der Waals surface area contributed by atoms with E-state index >= 15 is 0 Å². The molecule has 5 heteroatoms. The van der Waals surface area contributed by atoms with Crippen LogP contribution in [0, 0.1) is 23.0 Å². The van der Waals surface area contributed by atoms with Crippen LogP contribution in [0.1, 0.15) is 38.2 Å². The van der Waals surface area contributed by atoms with E-state index in [2.05, 4.69) is 11.8 Å². The highest BCUT2D eigenvalue weighted by Crippen LogP contribution is 2.27. The van der Waals surface area contributed by atoms with Gasteiger partial charge in [-0.25, -0.2) is 0 Å². The van der Waals surface area contributed by atoms with Gasteiger partial charge in [0.2, 0.25) is 0 Å². The topological polar surface area (TPSA) is 55.6 Å². The van der Waals surface area contributed by atoms with Gasteiger partial charge in [-0.3, -0.25) is 10.1 Å². The number of unbranched alkanes of at least 4 members (excludes halogenated alkanes) is 1. The molecule has 0 bridgehead atoms. The molecule has 0 spiro atoms. The second-order valence-electron chi connectivity index (χ2n) is 6.33. The first-order chi connectivity index (χ1) is 10.6. The lowest BCUT2D eigenvalue weighted by Crippen LogP contribution is -2.35. The van der Waals surface area contributed by atoms with Crippen molar-refractivity contribution < 1.29 is 9.66 Å². The third-order valence-electron chi connectivity index (χ3n) is 4.18. The third kappa shape index (κ3) is 4.98. The average molecular weight is 306 g/mol. The molecule has 0 N–H and O–H groups in total. The highest BCUT2D eigenvalue weighted by molar-refractivity contribution is 5.48. The average Bonchev–Trinajstić information content (AvgIpc) is 2.48. The second kappa shape index (κ2) is 8.13. The van der Waals surface area contributed by atoms with Crippen molar-refractivity contribution in [3.63, 3.8) is 0 Å². The number of nitrogens with zero attached hydrogens (tertiary/aromatic N) is 2. The number of ether oxygens (including phenoxy) is 1. The maximum Gasteiger partial charge on any atom is 0.311 e. The van der Waals surface area contributed by atoms with Crippen molar-refractivity contribution >= 4 is 5.69 Å². The van der Waals surface area contributed by atoms with E-state index in [1.165, 1.54) is 25.9 Å². The lowest BCUT2D eigenvalue weighted by atomic mass is 10.0. The first kappa shape index (κ1) is 16.7. The Balaban J connectivity index is 1.71. The molecule has 1 saturated heterocycles. The van der Waals surface area contributed by atoms with Crippen molar-refractivity contribution in [2.75, 3.05) is 26.2 Å². The lowest BCUT2D eigenvalue weighted by Gasteiger charge is -2.30. The van der Waals surface area contributed by atoms with Gasteiger partial charge in [-0.2, -0.15) is 0 Å². The molecule has 22 heavy (non-hydrogen) atoms. The van der Waals surface area contributed by atoms with Gasteiger partial charge in [0.15, 0.2) is 5.75 Å². The number of aryl methyl sites for hydroxylation is 1. The Labute approximate surface area is 132 Å². The number of hydrogen-bond acceptors (Lipinski definition) is 4. The quantitative estimate of drug-likeness (QED) is 0.437. The summed E-state index contributed by atoms with van der Waals surface area (Å²) in [4.78, 5) is 13.2. The van der Waals surface area contributed by atoms with Gasteiger partial charge < -0.3 is 9.64 Å². The summed E-state index contributed by atoms with van der Waals surface area (Å²) in [6.45, 7) is 8.19. The van der Waals surface area contributed by atoms with Crippen LogP contribution in [-0.4, -0.2) is 36.1 Å². The molecular weight excluding hydrogens is 280 g/mol.